The van der Waals surface area contributed by atoms with Gasteiger partial charge in [0.1, 0.15) is 6.29 Å². The molecule has 2 rings (SSSR count). The minimum atomic E-state index is -4.52. The molecule has 0 saturated carbocycles. The second-order valence-corrected chi connectivity index (χ2v) is 4.45. The van der Waals surface area contributed by atoms with Crippen molar-refractivity contribution in [1.82, 2.24) is 4.98 Å². The number of carbonyl (C=O) groups excluding carboxylic acids is 1. The van der Waals surface area contributed by atoms with Crippen molar-refractivity contribution in [3.8, 4) is 16.7 Å². The van der Waals surface area contributed by atoms with Gasteiger partial charge in [-0.15, -0.1) is 0 Å². The fourth-order valence-electron chi connectivity index (χ4n) is 1.37. The molecule has 0 spiro atoms. The Balaban J connectivity index is 2.29. The molecule has 0 aliphatic rings. The summed E-state index contributed by atoms with van der Waals surface area (Å²) < 4.78 is 47.5. The number of nitrogens with zero attached hydrogens (tertiary/aromatic N) is 1. The molecule has 8 heteroatoms. The molecule has 1 heterocycles. The maximum atomic E-state index is 12.4. The van der Waals surface area contributed by atoms with Crippen LogP contribution in [0.4, 0.5) is 13.2 Å². The maximum absolute atomic E-state index is 12.4. The number of rotatable bonds is 4. The number of thiazole rings is 1. The highest BCUT2D eigenvalue weighted by atomic mass is 32.1. The van der Waals surface area contributed by atoms with Crippen LogP contribution in [0, 0.1) is 0 Å². The Labute approximate surface area is 115 Å². The fourth-order valence-corrected chi connectivity index (χ4v) is 2.06. The highest BCUT2D eigenvalue weighted by Crippen LogP contribution is 2.37. The van der Waals surface area contributed by atoms with E-state index in [9.17, 15) is 18.0 Å². The SMILES string of the molecule is COc1ccc(C=O)cc1Oc1nc(C(F)(F)F)cs1. The van der Waals surface area contributed by atoms with Crippen LogP contribution in [0.5, 0.6) is 16.7 Å². The van der Waals surface area contributed by atoms with Crippen LogP contribution >= 0.6 is 11.3 Å². The van der Waals surface area contributed by atoms with Crippen molar-refractivity contribution in [3.63, 3.8) is 0 Å². The molecule has 0 saturated heterocycles. The van der Waals surface area contributed by atoms with Crippen LogP contribution in [0.15, 0.2) is 23.6 Å². The number of benzene rings is 1. The number of hydrogen-bond donors (Lipinski definition) is 0. The van der Waals surface area contributed by atoms with E-state index in [-0.39, 0.29) is 10.9 Å². The first-order chi connectivity index (χ1) is 9.44. The highest BCUT2D eigenvalue weighted by molar-refractivity contribution is 7.11. The van der Waals surface area contributed by atoms with Crippen LogP contribution in [-0.2, 0) is 6.18 Å². The zero-order valence-corrected chi connectivity index (χ0v) is 10.9. The topological polar surface area (TPSA) is 48.4 Å². The maximum Gasteiger partial charge on any atom is 0.434 e. The van der Waals surface area contributed by atoms with E-state index in [1.807, 2.05) is 0 Å². The van der Waals surface area contributed by atoms with Crippen LogP contribution in [-0.4, -0.2) is 18.4 Å². The molecule has 0 N–H and O–H groups in total. The molecule has 20 heavy (non-hydrogen) atoms. The standard InChI is InChI=1S/C12H8F3NO3S/c1-18-8-3-2-7(5-17)4-9(8)19-11-16-10(6-20-11)12(13,14)15/h2-6H,1H3. The number of aromatic nitrogens is 1. The number of carbonyl (C=O) groups is 1. The average molecular weight is 303 g/mol. The predicted molar refractivity (Wildman–Crippen MR) is 65.6 cm³/mol. The van der Waals surface area contributed by atoms with Gasteiger partial charge in [0.2, 0.25) is 0 Å². The molecular weight excluding hydrogens is 295 g/mol. The fraction of sp³-hybridized carbons (Fsp3) is 0.167. The lowest BCUT2D eigenvalue weighted by Gasteiger charge is -2.08. The minimum absolute atomic E-state index is 0.125. The zero-order chi connectivity index (χ0) is 14.8. The molecule has 0 amide bonds. The van der Waals surface area contributed by atoms with Crippen LogP contribution in [0.2, 0.25) is 0 Å². The Morgan fingerprint density at radius 3 is 2.60 bits per heavy atom. The first-order valence-electron chi connectivity index (χ1n) is 5.28. The number of halogens is 3. The van der Waals surface area contributed by atoms with Gasteiger partial charge in [0.15, 0.2) is 17.2 Å². The first-order valence-corrected chi connectivity index (χ1v) is 6.16. The summed E-state index contributed by atoms with van der Waals surface area (Å²) in [6.07, 6.45) is -3.93. The molecule has 4 nitrogen and oxygen atoms in total. The Kier molecular flexibility index (Phi) is 3.93. The Hall–Kier alpha value is -2.09. The molecular formula is C12H8F3NO3S. The normalized spacial score (nSPS) is 11.2. The molecule has 1 aromatic heterocycles. The summed E-state index contributed by atoms with van der Waals surface area (Å²) in [5, 5.41) is 0.671. The summed E-state index contributed by atoms with van der Waals surface area (Å²) in [6.45, 7) is 0. The van der Waals surface area contributed by atoms with Gasteiger partial charge in [-0.2, -0.15) is 18.2 Å². The second-order valence-electron chi connectivity index (χ2n) is 3.63. The van der Waals surface area contributed by atoms with E-state index in [1.54, 1.807) is 0 Å². The van der Waals surface area contributed by atoms with Gasteiger partial charge in [-0.05, 0) is 18.2 Å². The van der Waals surface area contributed by atoms with Gasteiger partial charge in [-0.3, -0.25) is 4.79 Å². The van der Waals surface area contributed by atoms with Gasteiger partial charge in [0.25, 0.3) is 5.19 Å². The summed E-state index contributed by atoms with van der Waals surface area (Å²) in [5.41, 5.74) is -0.712. The van der Waals surface area contributed by atoms with Crippen molar-refractivity contribution in [3.05, 3.63) is 34.8 Å². The molecule has 0 unspecified atom stereocenters. The summed E-state index contributed by atoms with van der Waals surface area (Å²) in [5.74, 6) is 0.416. The van der Waals surface area contributed by atoms with E-state index in [0.29, 0.717) is 28.9 Å². The van der Waals surface area contributed by atoms with Crippen molar-refractivity contribution in [2.24, 2.45) is 0 Å². The third-order valence-electron chi connectivity index (χ3n) is 2.29. The Morgan fingerprint density at radius 1 is 1.30 bits per heavy atom. The third kappa shape index (κ3) is 3.08. The Morgan fingerprint density at radius 2 is 2.05 bits per heavy atom. The molecule has 0 radical (unpaired) electrons. The Bertz CT molecular complexity index is 625. The van der Waals surface area contributed by atoms with Crippen molar-refractivity contribution >= 4 is 17.6 Å². The zero-order valence-electron chi connectivity index (χ0n) is 10.1. The molecule has 106 valence electrons. The number of ether oxygens (including phenoxy) is 2. The molecule has 0 aliphatic carbocycles. The van der Waals surface area contributed by atoms with Gasteiger partial charge >= 0.3 is 6.18 Å². The summed E-state index contributed by atoms with van der Waals surface area (Å²) in [4.78, 5) is 14.0. The molecule has 1 aromatic carbocycles. The van der Waals surface area contributed by atoms with E-state index in [1.165, 1.54) is 25.3 Å². The van der Waals surface area contributed by atoms with Crippen LogP contribution < -0.4 is 9.47 Å². The van der Waals surface area contributed by atoms with Crippen LogP contribution in [0.3, 0.4) is 0 Å². The molecule has 0 atom stereocenters. The van der Waals surface area contributed by atoms with E-state index in [0.717, 1.165) is 5.38 Å². The van der Waals surface area contributed by atoms with Crippen LogP contribution in [0.1, 0.15) is 16.1 Å². The van der Waals surface area contributed by atoms with Crippen molar-refractivity contribution < 1.29 is 27.4 Å². The van der Waals surface area contributed by atoms with E-state index in [4.69, 9.17) is 9.47 Å². The monoisotopic (exact) mass is 303 g/mol. The van der Waals surface area contributed by atoms with Gasteiger partial charge in [0.05, 0.1) is 7.11 Å². The van der Waals surface area contributed by atoms with Gasteiger partial charge in [0, 0.05) is 10.9 Å². The van der Waals surface area contributed by atoms with Gasteiger partial charge in [-0.25, -0.2) is 0 Å². The van der Waals surface area contributed by atoms with Crippen molar-refractivity contribution in [1.29, 1.82) is 0 Å². The quantitative estimate of drug-likeness (QED) is 0.807. The van der Waals surface area contributed by atoms with E-state index >= 15 is 0 Å². The predicted octanol–water partition coefficient (Wildman–Crippen LogP) is 3.78. The molecule has 2 aromatic rings. The minimum Gasteiger partial charge on any atom is -0.493 e. The van der Waals surface area contributed by atoms with Crippen molar-refractivity contribution in [2.45, 2.75) is 6.18 Å². The lowest BCUT2D eigenvalue weighted by Crippen LogP contribution is -2.04. The number of hydrogen-bond acceptors (Lipinski definition) is 5. The van der Waals surface area contributed by atoms with E-state index in [2.05, 4.69) is 4.98 Å². The van der Waals surface area contributed by atoms with Gasteiger partial charge < -0.3 is 9.47 Å². The highest BCUT2D eigenvalue weighted by Gasteiger charge is 2.34. The molecule has 0 fully saturated rings. The number of aldehydes is 1. The lowest BCUT2D eigenvalue weighted by atomic mass is 10.2. The average Bonchev–Trinajstić information content (AvgIpc) is 2.87. The number of alkyl halides is 3. The van der Waals surface area contributed by atoms with Gasteiger partial charge in [-0.1, -0.05) is 11.3 Å². The third-order valence-corrected chi connectivity index (χ3v) is 3.01. The second kappa shape index (κ2) is 5.49. The summed E-state index contributed by atoms with van der Waals surface area (Å²) in [7, 11) is 1.38. The van der Waals surface area contributed by atoms with Crippen molar-refractivity contribution in [2.75, 3.05) is 7.11 Å². The smallest absolute Gasteiger partial charge is 0.434 e. The molecule has 0 bridgehead atoms. The summed E-state index contributed by atoms with van der Waals surface area (Å²) in [6, 6.07) is 4.35. The lowest BCUT2D eigenvalue weighted by molar-refractivity contribution is -0.140. The first kappa shape index (κ1) is 14.3. The van der Waals surface area contributed by atoms with E-state index < -0.39 is 11.9 Å². The number of methoxy groups -OCH3 is 1. The largest absolute Gasteiger partial charge is 0.493 e. The van der Waals surface area contributed by atoms with Crippen LogP contribution in [0.25, 0.3) is 0 Å². The molecule has 0 aliphatic heterocycles. The summed E-state index contributed by atoms with van der Waals surface area (Å²) >= 11 is 0.707.